The van der Waals surface area contributed by atoms with Crippen LogP contribution in [0, 0.1) is 0 Å². The van der Waals surface area contributed by atoms with Crippen LogP contribution in [0.25, 0.3) is 11.1 Å². The summed E-state index contributed by atoms with van der Waals surface area (Å²) in [7, 11) is -3.53. The molecule has 0 atom stereocenters. The lowest BCUT2D eigenvalue weighted by molar-refractivity contribution is 0.0937. The predicted octanol–water partition coefficient (Wildman–Crippen LogP) is 3.86. The lowest BCUT2D eigenvalue weighted by atomic mass is 10.1. The molecule has 0 saturated carbocycles. The molecule has 0 amide bonds. The highest BCUT2D eigenvalue weighted by molar-refractivity contribution is 7.90. The van der Waals surface area contributed by atoms with Crippen molar-refractivity contribution in [2.45, 2.75) is 0 Å². The minimum Gasteiger partial charge on any atom is -0.491 e. The summed E-state index contributed by atoms with van der Waals surface area (Å²) in [4.78, 5) is 3.93. The van der Waals surface area contributed by atoms with E-state index in [0.29, 0.717) is 50.2 Å². The van der Waals surface area contributed by atoms with Crippen molar-refractivity contribution in [3.63, 3.8) is 0 Å². The molecule has 2 aromatic carbocycles. The summed E-state index contributed by atoms with van der Waals surface area (Å²) in [6, 6.07) is 18.9. The van der Waals surface area contributed by atoms with Gasteiger partial charge in [-0.3, -0.25) is 9.29 Å². The topological polar surface area (TPSA) is 72.0 Å². The van der Waals surface area contributed by atoms with Gasteiger partial charge in [0.15, 0.2) is 0 Å². The van der Waals surface area contributed by atoms with E-state index in [1.54, 1.807) is 24.5 Å². The zero-order valence-corrected chi connectivity index (χ0v) is 19.0. The fourth-order valence-corrected chi connectivity index (χ4v) is 5.17. The third-order valence-electron chi connectivity index (χ3n) is 5.12. The van der Waals surface area contributed by atoms with Crippen LogP contribution in [0.3, 0.4) is 0 Å². The lowest BCUT2D eigenvalue weighted by Crippen LogP contribution is -2.35. The molecule has 32 heavy (non-hydrogen) atoms. The molecule has 0 spiro atoms. The van der Waals surface area contributed by atoms with Crippen LogP contribution in [0.15, 0.2) is 73.1 Å². The molecule has 1 fully saturated rings. The molecule has 1 saturated heterocycles. The van der Waals surface area contributed by atoms with E-state index in [9.17, 15) is 8.42 Å². The molecule has 0 radical (unpaired) electrons. The number of nitrogens with zero attached hydrogens (tertiary/aromatic N) is 3. The van der Waals surface area contributed by atoms with Crippen molar-refractivity contribution < 1.29 is 17.9 Å². The van der Waals surface area contributed by atoms with E-state index in [-0.39, 0.29) is 0 Å². The minimum absolute atomic E-state index is 0.305. The summed E-state index contributed by atoms with van der Waals surface area (Å²) < 4.78 is 39.5. The van der Waals surface area contributed by atoms with E-state index in [1.807, 2.05) is 48.5 Å². The highest BCUT2D eigenvalue weighted by Gasteiger charge is 2.36. The second-order valence-corrected chi connectivity index (χ2v) is 9.47. The van der Waals surface area contributed by atoms with E-state index in [1.165, 1.54) is 8.61 Å². The number of hydrogen-bond acceptors (Lipinski definition) is 5. The first-order valence-corrected chi connectivity index (χ1v) is 12.1. The molecule has 0 N–H and O–H groups in total. The summed E-state index contributed by atoms with van der Waals surface area (Å²) in [5, 5.41) is 0.710. The smallest absolute Gasteiger partial charge is 0.304 e. The van der Waals surface area contributed by atoms with Crippen LogP contribution >= 0.6 is 11.6 Å². The Morgan fingerprint density at radius 2 is 1.50 bits per heavy atom. The average molecular weight is 474 g/mol. The summed E-state index contributed by atoms with van der Waals surface area (Å²) in [6.07, 6.45) is 3.17. The maximum atomic E-state index is 12.7. The van der Waals surface area contributed by atoms with Crippen LogP contribution in [-0.2, 0) is 14.9 Å². The Hall–Kier alpha value is -2.65. The lowest BCUT2D eigenvalue weighted by Gasteiger charge is -2.19. The van der Waals surface area contributed by atoms with Crippen molar-refractivity contribution >= 4 is 27.5 Å². The molecule has 9 heteroatoms. The fraction of sp³-hybridized carbons (Fsp3) is 0.261. The van der Waals surface area contributed by atoms with Crippen LogP contribution in [0.5, 0.6) is 5.75 Å². The summed E-state index contributed by atoms with van der Waals surface area (Å²) >= 11 is 5.93. The average Bonchev–Trinajstić information content (AvgIpc) is 3.11. The van der Waals surface area contributed by atoms with Crippen molar-refractivity contribution in [3.05, 3.63) is 78.1 Å². The SMILES string of the molecule is O=S1(=O)N(CCOCCOc2ccc(-c3ccc(Cl)cc3)cc2)CCN1c1ccncc1. The van der Waals surface area contributed by atoms with Crippen molar-refractivity contribution in [3.8, 4) is 16.9 Å². The van der Waals surface area contributed by atoms with Crippen molar-refractivity contribution in [2.75, 3.05) is 43.8 Å². The zero-order chi connectivity index (χ0) is 22.4. The van der Waals surface area contributed by atoms with Gasteiger partial charge in [0.25, 0.3) is 0 Å². The first kappa shape index (κ1) is 22.5. The molecular formula is C23H24ClN3O4S. The van der Waals surface area contributed by atoms with Crippen molar-refractivity contribution in [2.24, 2.45) is 0 Å². The molecule has 1 aromatic heterocycles. The van der Waals surface area contributed by atoms with Gasteiger partial charge in [-0.15, -0.1) is 0 Å². The number of rotatable bonds is 9. The number of pyridine rings is 1. The standard InChI is InChI=1S/C23H24ClN3O4S/c24-21-5-1-19(2-6-21)20-3-7-23(8-4-20)31-18-17-30-16-15-26-13-14-27(32(26,28)29)22-9-11-25-12-10-22/h1-12H,13-18H2. The summed E-state index contributed by atoms with van der Waals surface area (Å²) in [6.45, 7) is 2.23. The molecule has 0 bridgehead atoms. The van der Waals surface area contributed by atoms with E-state index in [0.717, 1.165) is 16.9 Å². The normalized spacial score (nSPS) is 15.7. The Morgan fingerprint density at radius 3 is 2.19 bits per heavy atom. The largest absolute Gasteiger partial charge is 0.491 e. The Morgan fingerprint density at radius 1 is 0.844 bits per heavy atom. The number of benzene rings is 2. The van der Waals surface area contributed by atoms with Crippen molar-refractivity contribution in [1.29, 1.82) is 0 Å². The van der Waals surface area contributed by atoms with E-state index < -0.39 is 10.2 Å². The summed E-state index contributed by atoms with van der Waals surface area (Å²) in [5.41, 5.74) is 2.79. The monoisotopic (exact) mass is 473 g/mol. The minimum atomic E-state index is -3.53. The fourth-order valence-electron chi connectivity index (χ4n) is 3.45. The molecule has 1 aliphatic rings. The van der Waals surface area contributed by atoms with Crippen LogP contribution < -0.4 is 9.04 Å². The van der Waals surface area contributed by atoms with E-state index >= 15 is 0 Å². The molecular weight excluding hydrogens is 450 g/mol. The third kappa shape index (κ3) is 5.39. The van der Waals surface area contributed by atoms with Gasteiger partial charge in [-0.2, -0.15) is 12.7 Å². The number of ether oxygens (including phenoxy) is 2. The number of halogens is 1. The second kappa shape index (κ2) is 10.3. The maximum Gasteiger partial charge on any atom is 0.304 e. The highest BCUT2D eigenvalue weighted by Crippen LogP contribution is 2.25. The molecule has 4 rings (SSSR count). The van der Waals surface area contributed by atoms with Gasteiger partial charge in [-0.1, -0.05) is 35.9 Å². The van der Waals surface area contributed by atoms with Crippen LogP contribution in [0.4, 0.5) is 5.69 Å². The third-order valence-corrected chi connectivity index (χ3v) is 7.34. The van der Waals surface area contributed by atoms with Gasteiger partial charge in [-0.05, 0) is 47.5 Å². The first-order chi connectivity index (χ1) is 15.5. The zero-order valence-electron chi connectivity index (χ0n) is 17.4. The van der Waals surface area contributed by atoms with Gasteiger partial charge in [0, 0.05) is 37.1 Å². The quantitative estimate of drug-likeness (QED) is 0.441. The Kier molecular flexibility index (Phi) is 7.26. The van der Waals surface area contributed by atoms with E-state index in [2.05, 4.69) is 4.98 Å². The Bertz CT molecular complexity index is 1110. The Labute approximate surface area is 193 Å². The number of hydrogen-bond donors (Lipinski definition) is 0. The van der Waals surface area contributed by atoms with Crippen LogP contribution in [0.2, 0.25) is 5.02 Å². The second-order valence-electron chi connectivity index (χ2n) is 7.18. The first-order valence-electron chi connectivity index (χ1n) is 10.3. The highest BCUT2D eigenvalue weighted by atomic mass is 35.5. The molecule has 2 heterocycles. The van der Waals surface area contributed by atoms with Gasteiger partial charge in [-0.25, -0.2) is 0 Å². The number of anilines is 1. The van der Waals surface area contributed by atoms with Gasteiger partial charge in [0.2, 0.25) is 0 Å². The van der Waals surface area contributed by atoms with Crippen molar-refractivity contribution in [1.82, 2.24) is 9.29 Å². The molecule has 0 unspecified atom stereocenters. The van der Waals surface area contributed by atoms with Gasteiger partial charge in [0.05, 0.1) is 18.9 Å². The maximum absolute atomic E-state index is 12.7. The molecule has 0 aliphatic carbocycles. The van der Waals surface area contributed by atoms with Gasteiger partial charge in [0.1, 0.15) is 12.4 Å². The molecule has 3 aromatic rings. The Balaban J connectivity index is 1.17. The predicted molar refractivity (Wildman–Crippen MR) is 125 cm³/mol. The molecule has 1 aliphatic heterocycles. The van der Waals surface area contributed by atoms with Gasteiger partial charge < -0.3 is 9.47 Å². The number of aromatic nitrogens is 1. The summed E-state index contributed by atoms with van der Waals surface area (Å²) in [5.74, 6) is 0.751. The van der Waals surface area contributed by atoms with Crippen LogP contribution in [0.1, 0.15) is 0 Å². The van der Waals surface area contributed by atoms with Gasteiger partial charge >= 0.3 is 10.2 Å². The van der Waals surface area contributed by atoms with E-state index in [4.69, 9.17) is 21.1 Å². The van der Waals surface area contributed by atoms with Crippen LogP contribution in [-0.4, -0.2) is 57.2 Å². The molecule has 7 nitrogen and oxygen atoms in total. The molecule has 168 valence electrons.